The van der Waals surface area contributed by atoms with Crippen molar-refractivity contribution in [3.8, 4) is 5.69 Å². The molecule has 0 saturated heterocycles. The number of amides is 1. The topological polar surface area (TPSA) is 72.9 Å². The number of nitrogens with two attached hydrogens (primary N) is 1. The number of nitrogens with one attached hydrogen (secondary N) is 1. The van der Waals surface area contributed by atoms with Gasteiger partial charge in [-0.2, -0.15) is 0 Å². The van der Waals surface area contributed by atoms with E-state index in [9.17, 15) is 9.18 Å². The molecule has 2 atom stereocenters. The number of benzene rings is 1. The molecule has 2 unspecified atom stereocenters. The Labute approximate surface area is 159 Å². The Morgan fingerprint density at radius 2 is 2.16 bits per heavy atom. The second kappa shape index (κ2) is 9.75. The van der Waals surface area contributed by atoms with E-state index < -0.39 is 0 Å². The first-order valence-corrected chi connectivity index (χ1v) is 7.93. The first-order valence-electron chi connectivity index (χ1n) is 7.93. The first kappa shape index (κ1) is 21.4. The van der Waals surface area contributed by atoms with Crippen LogP contribution in [0.2, 0.25) is 0 Å². The maximum Gasteiger partial charge on any atom is 0.223 e. The largest absolute Gasteiger partial charge is 0.352 e. The average Bonchev–Trinajstić information content (AvgIpc) is 3.07. The second-order valence-electron chi connectivity index (χ2n) is 6.10. The van der Waals surface area contributed by atoms with Crippen LogP contribution in [0.25, 0.3) is 5.69 Å². The van der Waals surface area contributed by atoms with Gasteiger partial charge in [-0.1, -0.05) is 12.5 Å². The number of imidazole rings is 1. The van der Waals surface area contributed by atoms with Crippen molar-refractivity contribution in [2.45, 2.75) is 38.3 Å². The molecule has 1 fully saturated rings. The summed E-state index contributed by atoms with van der Waals surface area (Å²) in [7, 11) is 0. The number of hydrogen-bond donors (Lipinski definition) is 2. The van der Waals surface area contributed by atoms with Crippen LogP contribution in [0.1, 0.15) is 31.2 Å². The molecule has 25 heavy (non-hydrogen) atoms. The third-order valence-electron chi connectivity index (χ3n) is 4.35. The Kier molecular flexibility index (Phi) is 8.35. The van der Waals surface area contributed by atoms with E-state index in [-0.39, 0.29) is 48.5 Å². The van der Waals surface area contributed by atoms with Crippen molar-refractivity contribution in [2.24, 2.45) is 11.7 Å². The van der Waals surface area contributed by atoms with E-state index >= 15 is 0 Å². The van der Waals surface area contributed by atoms with E-state index in [0.717, 1.165) is 31.2 Å². The molecule has 0 spiro atoms. The normalized spacial score (nSPS) is 19.4. The third kappa shape index (κ3) is 5.42. The zero-order valence-electron chi connectivity index (χ0n) is 13.7. The number of carbonyl (C=O) groups excluding carboxylic acids is 1. The van der Waals surface area contributed by atoms with Gasteiger partial charge in [0, 0.05) is 30.9 Å². The molecule has 0 aliphatic heterocycles. The molecular weight excluding hydrogens is 366 g/mol. The number of nitrogens with zero attached hydrogens (tertiary/aromatic N) is 2. The summed E-state index contributed by atoms with van der Waals surface area (Å²) in [6.07, 6.45) is 8.44. The lowest BCUT2D eigenvalue weighted by atomic mass is 9.85. The summed E-state index contributed by atoms with van der Waals surface area (Å²) >= 11 is 0. The van der Waals surface area contributed by atoms with Gasteiger partial charge >= 0.3 is 0 Å². The summed E-state index contributed by atoms with van der Waals surface area (Å²) in [5, 5.41) is 2.89. The third-order valence-corrected chi connectivity index (χ3v) is 4.35. The molecule has 1 aromatic carbocycles. The Morgan fingerprint density at radius 3 is 2.80 bits per heavy atom. The summed E-state index contributed by atoms with van der Waals surface area (Å²) in [5.74, 6) is -0.345. The zero-order valence-corrected chi connectivity index (χ0v) is 15.4. The van der Waals surface area contributed by atoms with E-state index in [1.54, 1.807) is 29.4 Å². The highest BCUT2D eigenvalue weighted by Gasteiger charge is 2.25. The Balaban J connectivity index is 0.00000156. The monoisotopic (exact) mass is 388 g/mol. The molecule has 5 nitrogen and oxygen atoms in total. The van der Waals surface area contributed by atoms with Gasteiger partial charge in [0.15, 0.2) is 0 Å². The molecular formula is C17H23Cl2FN4O. The van der Waals surface area contributed by atoms with Crippen LogP contribution in [0.4, 0.5) is 4.39 Å². The van der Waals surface area contributed by atoms with Crippen LogP contribution in [0, 0.1) is 11.7 Å². The van der Waals surface area contributed by atoms with Crippen molar-refractivity contribution in [2.75, 3.05) is 0 Å². The molecule has 1 heterocycles. The predicted octanol–water partition coefficient (Wildman–Crippen LogP) is 2.99. The molecule has 138 valence electrons. The molecule has 0 bridgehead atoms. The average molecular weight is 389 g/mol. The SMILES string of the molecule is Cl.Cl.NC1CCCC(C(=O)NCc2ccc(-n3ccnc3)c(F)c2)C1. The molecule has 2 aromatic rings. The molecule has 1 amide bonds. The zero-order chi connectivity index (χ0) is 16.2. The maximum atomic E-state index is 14.2. The molecule has 1 aromatic heterocycles. The van der Waals surface area contributed by atoms with Gasteiger partial charge in [-0.3, -0.25) is 4.79 Å². The van der Waals surface area contributed by atoms with E-state index in [2.05, 4.69) is 10.3 Å². The highest BCUT2D eigenvalue weighted by molar-refractivity contribution is 5.85. The minimum absolute atomic E-state index is 0. The quantitative estimate of drug-likeness (QED) is 0.845. The van der Waals surface area contributed by atoms with Crippen LogP contribution in [-0.4, -0.2) is 21.5 Å². The summed E-state index contributed by atoms with van der Waals surface area (Å²) in [4.78, 5) is 16.1. The van der Waals surface area contributed by atoms with Crippen molar-refractivity contribution in [1.82, 2.24) is 14.9 Å². The second-order valence-corrected chi connectivity index (χ2v) is 6.10. The van der Waals surface area contributed by atoms with Crippen LogP contribution in [-0.2, 0) is 11.3 Å². The lowest BCUT2D eigenvalue weighted by Gasteiger charge is -2.25. The molecule has 1 saturated carbocycles. The molecule has 1 aliphatic rings. The first-order chi connectivity index (χ1) is 11.1. The van der Waals surface area contributed by atoms with E-state index in [0.29, 0.717) is 12.2 Å². The van der Waals surface area contributed by atoms with Crippen molar-refractivity contribution in [3.63, 3.8) is 0 Å². The van der Waals surface area contributed by atoms with Gasteiger partial charge in [0.2, 0.25) is 5.91 Å². The van der Waals surface area contributed by atoms with Crippen molar-refractivity contribution < 1.29 is 9.18 Å². The van der Waals surface area contributed by atoms with Crippen molar-refractivity contribution >= 4 is 30.7 Å². The van der Waals surface area contributed by atoms with E-state index in [4.69, 9.17) is 5.73 Å². The van der Waals surface area contributed by atoms with Crippen LogP contribution < -0.4 is 11.1 Å². The summed E-state index contributed by atoms with van der Waals surface area (Å²) in [6.45, 7) is 0.325. The number of halogens is 3. The van der Waals surface area contributed by atoms with Crippen LogP contribution >= 0.6 is 24.8 Å². The summed E-state index contributed by atoms with van der Waals surface area (Å²) in [5.41, 5.74) is 7.09. The van der Waals surface area contributed by atoms with Gasteiger partial charge in [-0.25, -0.2) is 9.37 Å². The fourth-order valence-corrected chi connectivity index (χ4v) is 3.07. The Hall–Kier alpha value is -1.63. The van der Waals surface area contributed by atoms with Gasteiger partial charge in [0.05, 0.1) is 12.0 Å². The van der Waals surface area contributed by atoms with Crippen LogP contribution in [0.15, 0.2) is 36.9 Å². The van der Waals surface area contributed by atoms with Gasteiger partial charge in [0.25, 0.3) is 0 Å². The summed E-state index contributed by atoms with van der Waals surface area (Å²) < 4.78 is 15.8. The number of hydrogen-bond acceptors (Lipinski definition) is 3. The highest BCUT2D eigenvalue weighted by Crippen LogP contribution is 2.23. The van der Waals surface area contributed by atoms with E-state index in [1.165, 1.54) is 6.07 Å². The number of aromatic nitrogens is 2. The standard InChI is InChI=1S/C17H21FN4O.2ClH/c18-15-8-12(4-5-16(15)22-7-6-20-11-22)10-21-17(23)13-2-1-3-14(19)9-13;;/h4-8,11,13-14H,1-3,9-10,19H2,(H,21,23);2*1H. The minimum Gasteiger partial charge on any atom is -0.352 e. The Morgan fingerprint density at radius 1 is 1.36 bits per heavy atom. The summed E-state index contributed by atoms with van der Waals surface area (Å²) in [6, 6.07) is 5.06. The lowest BCUT2D eigenvalue weighted by molar-refractivity contribution is -0.126. The maximum absolute atomic E-state index is 14.2. The molecule has 0 radical (unpaired) electrons. The minimum atomic E-state index is -0.338. The molecule has 3 N–H and O–H groups in total. The number of rotatable bonds is 4. The van der Waals surface area contributed by atoms with Crippen LogP contribution in [0.5, 0.6) is 0 Å². The lowest BCUT2D eigenvalue weighted by Crippen LogP contribution is -2.37. The fraction of sp³-hybridized carbons (Fsp3) is 0.412. The van der Waals surface area contributed by atoms with Crippen molar-refractivity contribution in [1.29, 1.82) is 0 Å². The Bertz CT molecular complexity index is 681. The van der Waals surface area contributed by atoms with E-state index in [1.807, 2.05) is 6.07 Å². The number of carbonyl (C=O) groups is 1. The molecule has 3 rings (SSSR count). The van der Waals surface area contributed by atoms with Crippen LogP contribution in [0.3, 0.4) is 0 Å². The molecule has 8 heteroatoms. The smallest absolute Gasteiger partial charge is 0.223 e. The van der Waals surface area contributed by atoms with Gasteiger partial charge < -0.3 is 15.6 Å². The predicted molar refractivity (Wildman–Crippen MR) is 99.8 cm³/mol. The van der Waals surface area contributed by atoms with Gasteiger partial charge in [-0.05, 0) is 37.0 Å². The molecule has 1 aliphatic carbocycles. The fourth-order valence-electron chi connectivity index (χ4n) is 3.07. The van der Waals surface area contributed by atoms with Gasteiger partial charge in [0.1, 0.15) is 5.82 Å². The van der Waals surface area contributed by atoms with Gasteiger partial charge in [-0.15, -0.1) is 24.8 Å². The highest BCUT2D eigenvalue weighted by atomic mass is 35.5. The van der Waals surface area contributed by atoms with Crippen molar-refractivity contribution in [3.05, 3.63) is 48.3 Å².